The molecular formula is C8H6ClN3O2. The summed E-state index contributed by atoms with van der Waals surface area (Å²) in [7, 11) is 0. The third kappa shape index (κ3) is 1.58. The van der Waals surface area contributed by atoms with Gasteiger partial charge in [-0.25, -0.2) is 0 Å². The van der Waals surface area contributed by atoms with Crippen molar-refractivity contribution in [1.29, 1.82) is 0 Å². The van der Waals surface area contributed by atoms with Crippen LogP contribution in [0, 0.1) is 0 Å². The molecule has 72 valence electrons. The van der Waals surface area contributed by atoms with Crippen LogP contribution in [0.5, 0.6) is 0 Å². The summed E-state index contributed by atoms with van der Waals surface area (Å²) in [4.78, 5) is 23.7. The Morgan fingerprint density at radius 2 is 2.21 bits per heavy atom. The Kier molecular flexibility index (Phi) is 2.17. The van der Waals surface area contributed by atoms with Crippen LogP contribution in [0.15, 0.2) is 12.3 Å². The predicted molar refractivity (Wildman–Crippen MR) is 49.0 cm³/mol. The van der Waals surface area contributed by atoms with Crippen LogP contribution in [0.3, 0.4) is 0 Å². The lowest BCUT2D eigenvalue weighted by atomic mass is 10.3. The van der Waals surface area contributed by atoms with Crippen molar-refractivity contribution in [2.75, 3.05) is 11.4 Å². The molecule has 6 heteroatoms. The number of aromatic nitrogens is 2. The number of ketones is 1. The highest BCUT2D eigenvalue weighted by Gasteiger charge is 2.28. The van der Waals surface area contributed by atoms with Crippen LogP contribution in [0.2, 0.25) is 5.15 Å². The molecule has 1 fully saturated rings. The summed E-state index contributed by atoms with van der Waals surface area (Å²) >= 11 is 5.61. The van der Waals surface area contributed by atoms with Crippen molar-refractivity contribution in [3.63, 3.8) is 0 Å². The molecule has 14 heavy (non-hydrogen) atoms. The highest BCUT2D eigenvalue weighted by molar-refractivity contribution is 6.29. The minimum Gasteiger partial charge on any atom is -0.303 e. The second kappa shape index (κ2) is 3.34. The van der Waals surface area contributed by atoms with E-state index in [2.05, 4.69) is 10.2 Å². The number of carbonyl (C=O) groups excluding carboxylic acids is 2. The van der Waals surface area contributed by atoms with Crippen LogP contribution in [0.4, 0.5) is 5.69 Å². The van der Waals surface area contributed by atoms with E-state index in [1.54, 1.807) is 0 Å². The van der Waals surface area contributed by atoms with Gasteiger partial charge in [-0.1, -0.05) is 11.6 Å². The molecule has 2 heterocycles. The monoisotopic (exact) mass is 211 g/mol. The van der Waals surface area contributed by atoms with E-state index in [-0.39, 0.29) is 29.8 Å². The van der Waals surface area contributed by atoms with Gasteiger partial charge in [-0.3, -0.25) is 9.59 Å². The van der Waals surface area contributed by atoms with E-state index >= 15 is 0 Å². The molecule has 0 spiro atoms. The number of rotatable bonds is 1. The fourth-order valence-corrected chi connectivity index (χ4v) is 1.45. The smallest absolute Gasteiger partial charge is 0.234 e. The quantitative estimate of drug-likeness (QED) is 0.633. The van der Waals surface area contributed by atoms with Gasteiger partial charge >= 0.3 is 0 Å². The van der Waals surface area contributed by atoms with Gasteiger partial charge in [0.2, 0.25) is 5.91 Å². The first-order valence-electron chi connectivity index (χ1n) is 3.97. The number of carbonyl (C=O) groups is 2. The van der Waals surface area contributed by atoms with Crippen molar-refractivity contribution in [3.05, 3.63) is 17.4 Å². The second-order valence-electron chi connectivity index (χ2n) is 2.93. The molecule has 0 saturated carbocycles. The van der Waals surface area contributed by atoms with E-state index in [1.165, 1.54) is 17.2 Å². The Hall–Kier alpha value is -1.49. The van der Waals surface area contributed by atoms with E-state index in [9.17, 15) is 9.59 Å². The normalized spacial score (nSPS) is 16.5. The van der Waals surface area contributed by atoms with Crippen LogP contribution >= 0.6 is 11.6 Å². The summed E-state index contributed by atoms with van der Waals surface area (Å²) < 4.78 is 0. The third-order valence-electron chi connectivity index (χ3n) is 1.91. The zero-order chi connectivity index (χ0) is 10.1. The third-order valence-corrected chi connectivity index (χ3v) is 2.09. The molecule has 5 nitrogen and oxygen atoms in total. The van der Waals surface area contributed by atoms with Crippen molar-refractivity contribution in [2.24, 2.45) is 0 Å². The first-order chi connectivity index (χ1) is 6.66. The number of hydrogen-bond donors (Lipinski definition) is 0. The molecule has 1 saturated heterocycles. The van der Waals surface area contributed by atoms with Gasteiger partial charge in [-0.05, 0) is 0 Å². The van der Waals surface area contributed by atoms with Crippen molar-refractivity contribution in [2.45, 2.75) is 6.42 Å². The summed E-state index contributed by atoms with van der Waals surface area (Å²) in [5.41, 5.74) is 0.515. The Labute approximate surface area is 84.7 Å². The van der Waals surface area contributed by atoms with Gasteiger partial charge in [-0.15, -0.1) is 5.10 Å². The Morgan fingerprint density at radius 3 is 2.79 bits per heavy atom. The number of nitrogens with zero attached hydrogens (tertiary/aromatic N) is 3. The SMILES string of the molecule is O=C1CC(=O)N(c2cnnc(Cl)c2)C1. The van der Waals surface area contributed by atoms with Gasteiger partial charge in [-0.2, -0.15) is 5.10 Å². The van der Waals surface area contributed by atoms with Gasteiger partial charge in [0.1, 0.15) is 0 Å². The van der Waals surface area contributed by atoms with Crippen LogP contribution in [0.1, 0.15) is 6.42 Å². The Bertz CT molecular complexity index is 407. The largest absolute Gasteiger partial charge is 0.303 e. The average Bonchev–Trinajstić information content (AvgIpc) is 2.45. The first kappa shape index (κ1) is 9.08. The molecule has 1 amide bonds. The number of anilines is 1. The zero-order valence-corrected chi connectivity index (χ0v) is 7.86. The van der Waals surface area contributed by atoms with Gasteiger partial charge < -0.3 is 4.90 Å². The molecule has 1 aromatic rings. The second-order valence-corrected chi connectivity index (χ2v) is 3.32. The molecule has 2 rings (SSSR count). The van der Waals surface area contributed by atoms with Gasteiger partial charge in [0.05, 0.1) is 24.8 Å². The fraction of sp³-hybridized carbons (Fsp3) is 0.250. The van der Waals surface area contributed by atoms with E-state index in [0.29, 0.717) is 5.69 Å². The molecule has 0 aliphatic carbocycles. The minimum atomic E-state index is -0.223. The highest BCUT2D eigenvalue weighted by atomic mass is 35.5. The molecule has 0 unspecified atom stereocenters. The van der Waals surface area contributed by atoms with Gasteiger partial charge in [0, 0.05) is 6.07 Å². The van der Waals surface area contributed by atoms with Crippen molar-refractivity contribution >= 4 is 29.0 Å². The van der Waals surface area contributed by atoms with Crippen LogP contribution < -0.4 is 4.90 Å². The molecule has 1 aromatic heterocycles. The van der Waals surface area contributed by atoms with Crippen LogP contribution in [0.25, 0.3) is 0 Å². The van der Waals surface area contributed by atoms with Crippen molar-refractivity contribution < 1.29 is 9.59 Å². The van der Waals surface area contributed by atoms with Gasteiger partial charge in [0.15, 0.2) is 10.9 Å². The molecule has 1 aliphatic rings. The summed E-state index contributed by atoms with van der Waals surface area (Å²) in [6, 6.07) is 1.51. The lowest BCUT2D eigenvalue weighted by Gasteiger charge is -2.13. The summed E-state index contributed by atoms with van der Waals surface area (Å²) in [5.74, 6) is -0.318. The van der Waals surface area contributed by atoms with Crippen LogP contribution in [-0.2, 0) is 9.59 Å². The lowest BCUT2D eigenvalue weighted by Crippen LogP contribution is -2.24. The molecule has 0 aromatic carbocycles. The van der Waals surface area contributed by atoms with Gasteiger partial charge in [0.25, 0.3) is 0 Å². The van der Waals surface area contributed by atoms with Crippen LogP contribution in [-0.4, -0.2) is 28.4 Å². The van der Waals surface area contributed by atoms with E-state index < -0.39 is 0 Å². The van der Waals surface area contributed by atoms with E-state index in [0.717, 1.165) is 0 Å². The summed E-state index contributed by atoms with van der Waals surface area (Å²) in [5, 5.41) is 7.35. The molecule has 1 aliphatic heterocycles. The number of amides is 1. The zero-order valence-electron chi connectivity index (χ0n) is 7.11. The maximum absolute atomic E-state index is 11.3. The Balaban J connectivity index is 2.31. The lowest BCUT2D eigenvalue weighted by molar-refractivity contribution is -0.121. The number of hydrogen-bond acceptors (Lipinski definition) is 4. The maximum Gasteiger partial charge on any atom is 0.234 e. The summed E-state index contributed by atoms with van der Waals surface area (Å²) in [6.07, 6.45) is 1.36. The predicted octanol–water partition coefficient (Wildman–Crippen LogP) is 0.436. The fourth-order valence-electron chi connectivity index (χ4n) is 1.30. The minimum absolute atomic E-state index is 0.0417. The standard InChI is InChI=1S/C8H6ClN3O2/c9-7-1-5(3-10-11-7)12-4-6(13)2-8(12)14/h1,3H,2,4H2. The summed E-state index contributed by atoms with van der Waals surface area (Å²) in [6.45, 7) is 0.0981. The maximum atomic E-state index is 11.3. The topological polar surface area (TPSA) is 63.2 Å². The molecule has 0 N–H and O–H groups in total. The van der Waals surface area contributed by atoms with Crippen molar-refractivity contribution in [3.8, 4) is 0 Å². The molecule has 0 radical (unpaired) electrons. The number of Topliss-reactive ketones (excluding diaryl/α,β-unsaturated/α-hetero) is 1. The number of halogens is 1. The molecule has 0 atom stereocenters. The van der Waals surface area contributed by atoms with Crippen molar-refractivity contribution in [1.82, 2.24) is 10.2 Å². The van der Waals surface area contributed by atoms with E-state index in [1.807, 2.05) is 0 Å². The highest BCUT2D eigenvalue weighted by Crippen LogP contribution is 2.20. The molecule has 0 bridgehead atoms. The molecular weight excluding hydrogens is 206 g/mol. The Morgan fingerprint density at radius 1 is 1.43 bits per heavy atom. The first-order valence-corrected chi connectivity index (χ1v) is 4.35. The van der Waals surface area contributed by atoms with E-state index in [4.69, 9.17) is 11.6 Å². The average molecular weight is 212 g/mol.